The van der Waals surface area contributed by atoms with Crippen LogP contribution in [0.15, 0.2) is 64.4 Å². The lowest BCUT2D eigenvalue weighted by atomic mass is 9.98. The molecule has 0 saturated heterocycles. The zero-order valence-electron chi connectivity index (χ0n) is 17.1. The highest BCUT2D eigenvalue weighted by molar-refractivity contribution is 7.99. The minimum Gasteiger partial charge on any atom is -0.330 e. The number of amides is 1. The summed E-state index contributed by atoms with van der Waals surface area (Å²) in [5.41, 5.74) is 2.47. The molecule has 31 heavy (non-hydrogen) atoms. The first-order valence-corrected chi connectivity index (χ1v) is 12.9. The van der Waals surface area contributed by atoms with Gasteiger partial charge in [0.25, 0.3) is 0 Å². The Hall–Kier alpha value is -2.42. The number of aryl methyl sites for hydroxylation is 1. The molecule has 1 amide bonds. The molecule has 5 rings (SSSR count). The highest BCUT2D eigenvalue weighted by Gasteiger charge is 2.33. The molecule has 0 bridgehead atoms. The van der Waals surface area contributed by atoms with E-state index < -0.39 is 0 Å². The highest BCUT2D eigenvalue weighted by Crippen LogP contribution is 2.39. The summed E-state index contributed by atoms with van der Waals surface area (Å²) in [5, 5.41) is 13.6. The zero-order valence-corrected chi connectivity index (χ0v) is 19.6. The van der Waals surface area contributed by atoms with Crippen LogP contribution in [0.5, 0.6) is 0 Å². The average molecular weight is 467 g/mol. The standard InChI is InChI=1S/C23H22N4OS3/c1-16-24-25-23(27(16)14-17-6-3-2-4-7-17)31-15-21(28)26-11-9-19-18(10-13-30-19)22(26)20-8-5-12-29-20/h2-8,10,12-13,22H,9,11,14-15H2,1H3. The lowest BCUT2D eigenvalue weighted by Gasteiger charge is -2.35. The van der Waals surface area contributed by atoms with Crippen molar-refractivity contribution in [3.63, 3.8) is 0 Å². The monoisotopic (exact) mass is 466 g/mol. The number of rotatable bonds is 6. The van der Waals surface area contributed by atoms with E-state index in [0.29, 0.717) is 12.3 Å². The van der Waals surface area contributed by atoms with Crippen LogP contribution in [0.3, 0.4) is 0 Å². The van der Waals surface area contributed by atoms with Crippen LogP contribution in [0.25, 0.3) is 0 Å². The molecule has 4 heterocycles. The fourth-order valence-electron chi connectivity index (χ4n) is 3.96. The smallest absolute Gasteiger partial charge is 0.233 e. The van der Waals surface area contributed by atoms with Crippen molar-refractivity contribution in [2.45, 2.75) is 31.1 Å². The molecule has 158 valence electrons. The number of hydrogen-bond acceptors (Lipinski definition) is 6. The van der Waals surface area contributed by atoms with E-state index in [4.69, 9.17) is 0 Å². The van der Waals surface area contributed by atoms with Crippen LogP contribution < -0.4 is 0 Å². The van der Waals surface area contributed by atoms with Crippen molar-refractivity contribution >= 4 is 40.3 Å². The first-order chi connectivity index (χ1) is 15.2. The van der Waals surface area contributed by atoms with Crippen LogP contribution >= 0.6 is 34.4 Å². The lowest BCUT2D eigenvalue weighted by Crippen LogP contribution is -2.40. The van der Waals surface area contributed by atoms with E-state index in [1.165, 1.54) is 32.6 Å². The van der Waals surface area contributed by atoms with Gasteiger partial charge in [-0.3, -0.25) is 4.79 Å². The van der Waals surface area contributed by atoms with Crippen molar-refractivity contribution in [1.82, 2.24) is 19.7 Å². The predicted molar refractivity (Wildman–Crippen MR) is 127 cm³/mol. The third-order valence-electron chi connectivity index (χ3n) is 5.51. The topological polar surface area (TPSA) is 51.0 Å². The Morgan fingerprint density at radius 2 is 1.97 bits per heavy atom. The molecule has 0 N–H and O–H groups in total. The van der Waals surface area contributed by atoms with Gasteiger partial charge in [0.15, 0.2) is 5.16 Å². The van der Waals surface area contributed by atoms with Gasteiger partial charge >= 0.3 is 0 Å². The maximum Gasteiger partial charge on any atom is 0.233 e. The Labute approximate surface area is 193 Å². The lowest BCUT2D eigenvalue weighted by molar-refractivity contribution is -0.130. The van der Waals surface area contributed by atoms with Crippen LogP contribution in [-0.2, 0) is 17.8 Å². The maximum absolute atomic E-state index is 13.3. The number of nitrogens with zero attached hydrogens (tertiary/aromatic N) is 4. The van der Waals surface area contributed by atoms with Gasteiger partial charge in [-0.2, -0.15) is 0 Å². The fourth-order valence-corrected chi connectivity index (χ4v) is 6.59. The second-order valence-corrected chi connectivity index (χ2v) is 10.4. The number of fused-ring (bicyclic) bond motifs is 1. The van der Waals surface area contributed by atoms with E-state index in [-0.39, 0.29) is 11.9 Å². The number of aromatic nitrogens is 3. The average Bonchev–Trinajstić information content (AvgIpc) is 3.55. The molecule has 1 aromatic carbocycles. The van der Waals surface area contributed by atoms with Gasteiger partial charge in [-0.1, -0.05) is 48.2 Å². The Balaban J connectivity index is 1.33. The molecule has 3 aromatic heterocycles. The molecular formula is C23H22N4OS3. The Morgan fingerprint density at radius 1 is 1.10 bits per heavy atom. The van der Waals surface area contributed by atoms with Gasteiger partial charge in [-0.25, -0.2) is 0 Å². The summed E-state index contributed by atoms with van der Waals surface area (Å²) in [6, 6.07) is 16.7. The molecule has 1 aliphatic rings. The molecule has 0 aliphatic carbocycles. The summed E-state index contributed by atoms with van der Waals surface area (Å²) in [6.45, 7) is 3.42. The summed E-state index contributed by atoms with van der Waals surface area (Å²) in [5.74, 6) is 1.36. The minimum absolute atomic E-state index is 0.0204. The van der Waals surface area contributed by atoms with Crippen molar-refractivity contribution in [3.8, 4) is 0 Å². The van der Waals surface area contributed by atoms with Gasteiger partial charge in [-0.15, -0.1) is 32.9 Å². The number of carbonyl (C=O) groups excluding carboxylic acids is 1. The van der Waals surface area contributed by atoms with Crippen molar-refractivity contribution in [2.24, 2.45) is 0 Å². The minimum atomic E-state index is 0.0204. The molecule has 8 heteroatoms. The number of carbonyl (C=O) groups is 1. The van der Waals surface area contributed by atoms with E-state index in [9.17, 15) is 4.79 Å². The number of thioether (sulfide) groups is 1. The van der Waals surface area contributed by atoms with Gasteiger partial charge in [0.05, 0.1) is 18.3 Å². The van der Waals surface area contributed by atoms with Gasteiger partial charge in [0, 0.05) is 16.3 Å². The molecule has 4 aromatic rings. The van der Waals surface area contributed by atoms with Crippen LogP contribution in [0, 0.1) is 6.92 Å². The van der Waals surface area contributed by atoms with E-state index in [1.807, 2.05) is 30.0 Å². The van der Waals surface area contributed by atoms with Crippen LogP contribution in [0.2, 0.25) is 0 Å². The summed E-state index contributed by atoms with van der Waals surface area (Å²) < 4.78 is 2.08. The van der Waals surface area contributed by atoms with E-state index in [0.717, 1.165) is 23.9 Å². The van der Waals surface area contributed by atoms with E-state index >= 15 is 0 Å². The third kappa shape index (κ3) is 4.20. The van der Waals surface area contributed by atoms with Crippen molar-refractivity contribution in [2.75, 3.05) is 12.3 Å². The Kier molecular flexibility index (Phi) is 5.93. The quantitative estimate of drug-likeness (QED) is 0.374. The molecule has 0 fully saturated rings. The number of thiophene rings is 2. The summed E-state index contributed by atoms with van der Waals surface area (Å²) >= 11 is 4.99. The normalized spacial score (nSPS) is 15.8. The van der Waals surface area contributed by atoms with E-state index in [2.05, 4.69) is 55.9 Å². The Bertz CT molecular complexity index is 1170. The number of benzene rings is 1. The zero-order chi connectivity index (χ0) is 21.2. The second-order valence-electron chi connectivity index (χ2n) is 7.44. The van der Waals surface area contributed by atoms with Crippen molar-refractivity contribution in [1.29, 1.82) is 0 Å². The molecular weight excluding hydrogens is 444 g/mol. The third-order valence-corrected chi connectivity index (χ3v) is 8.38. The second kappa shape index (κ2) is 8.98. The summed E-state index contributed by atoms with van der Waals surface area (Å²) in [4.78, 5) is 18.0. The molecule has 0 saturated carbocycles. The summed E-state index contributed by atoms with van der Waals surface area (Å²) in [7, 11) is 0. The fraction of sp³-hybridized carbons (Fsp3) is 0.261. The highest BCUT2D eigenvalue weighted by atomic mass is 32.2. The van der Waals surface area contributed by atoms with Gasteiger partial charge in [0.2, 0.25) is 5.91 Å². The van der Waals surface area contributed by atoms with Gasteiger partial charge < -0.3 is 9.47 Å². The molecule has 5 nitrogen and oxygen atoms in total. The first-order valence-electron chi connectivity index (χ1n) is 10.2. The number of hydrogen-bond donors (Lipinski definition) is 0. The largest absolute Gasteiger partial charge is 0.330 e. The van der Waals surface area contributed by atoms with Crippen LogP contribution in [0.1, 0.15) is 32.7 Å². The van der Waals surface area contributed by atoms with Crippen LogP contribution in [-0.4, -0.2) is 37.9 Å². The molecule has 1 aliphatic heterocycles. The van der Waals surface area contributed by atoms with E-state index in [1.54, 1.807) is 22.7 Å². The van der Waals surface area contributed by atoms with Crippen molar-refractivity contribution in [3.05, 3.63) is 86.0 Å². The maximum atomic E-state index is 13.3. The van der Waals surface area contributed by atoms with Crippen LogP contribution in [0.4, 0.5) is 0 Å². The molecule has 1 unspecified atom stereocenters. The summed E-state index contributed by atoms with van der Waals surface area (Å²) in [6.07, 6.45) is 0.925. The molecule has 0 radical (unpaired) electrons. The first kappa shape index (κ1) is 20.5. The van der Waals surface area contributed by atoms with Gasteiger partial charge in [0.1, 0.15) is 5.82 Å². The predicted octanol–water partition coefficient (Wildman–Crippen LogP) is 5.02. The molecule has 0 spiro atoms. The van der Waals surface area contributed by atoms with Crippen molar-refractivity contribution < 1.29 is 4.79 Å². The SMILES string of the molecule is Cc1nnc(SCC(=O)N2CCc3sccc3C2c2cccs2)n1Cc1ccccc1. The van der Waals surface area contributed by atoms with Gasteiger partial charge in [-0.05, 0) is 47.4 Å². The molecule has 1 atom stereocenters. The Morgan fingerprint density at radius 3 is 2.77 bits per heavy atom.